The van der Waals surface area contributed by atoms with E-state index in [-0.39, 0.29) is 29.4 Å². The van der Waals surface area contributed by atoms with Gasteiger partial charge in [0.05, 0.1) is 23.6 Å². The predicted octanol–water partition coefficient (Wildman–Crippen LogP) is 1.53. The number of aliphatic imine (C=N–C) groups is 1. The van der Waals surface area contributed by atoms with Crippen LogP contribution in [0, 0.1) is 5.82 Å². The number of rotatable bonds is 2. The lowest BCUT2D eigenvalue weighted by Crippen LogP contribution is -2.35. The van der Waals surface area contributed by atoms with Gasteiger partial charge in [-0.05, 0) is 17.7 Å². The molecule has 4 nitrogen and oxygen atoms in total. The minimum atomic E-state index is -2.93. The monoisotopic (exact) mass is 314 g/mol. The molecule has 0 amide bonds. The largest absolute Gasteiger partial charge is 0.348 e. The number of halogens is 1. The number of likely N-dealkylation sites (N-methyl/N-ethyl adjacent to an activating group) is 1. The summed E-state index contributed by atoms with van der Waals surface area (Å²) < 4.78 is 36.0. The first-order valence-electron chi connectivity index (χ1n) is 6.33. The van der Waals surface area contributed by atoms with Gasteiger partial charge >= 0.3 is 0 Å². The van der Waals surface area contributed by atoms with E-state index in [0.29, 0.717) is 5.75 Å². The van der Waals surface area contributed by atoms with E-state index < -0.39 is 9.84 Å². The van der Waals surface area contributed by atoms with Crippen molar-refractivity contribution >= 4 is 26.8 Å². The number of benzene rings is 1. The number of hydrogen-bond acceptors (Lipinski definition) is 5. The molecule has 0 radical (unpaired) electrons. The van der Waals surface area contributed by atoms with Crippen molar-refractivity contribution in [2.45, 2.75) is 17.8 Å². The molecule has 0 unspecified atom stereocenters. The summed E-state index contributed by atoms with van der Waals surface area (Å²) in [6.45, 7) is 0. The van der Waals surface area contributed by atoms with Gasteiger partial charge in [-0.15, -0.1) is 0 Å². The molecule has 0 spiro atoms. The number of nitrogens with zero attached hydrogens (tertiary/aromatic N) is 2. The third kappa shape index (κ3) is 2.69. The fraction of sp³-hybridized carbons (Fsp3) is 0.462. The molecule has 2 atom stereocenters. The molecule has 3 rings (SSSR count). The topological polar surface area (TPSA) is 49.7 Å². The Labute approximate surface area is 122 Å². The van der Waals surface area contributed by atoms with E-state index in [0.717, 1.165) is 10.7 Å². The molecule has 2 aliphatic rings. The van der Waals surface area contributed by atoms with Gasteiger partial charge in [0.15, 0.2) is 15.0 Å². The minimum Gasteiger partial charge on any atom is -0.348 e. The van der Waals surface area contributed by atoms with Crippen LogP contribution in [0.2, 0.25) is 0 Å². The van der Waals surface area contributed by atoms with Crippen molar-refractivity contribution in [3.63, 3.8) is 0 Å². The minimum absolute atomic E-state index is 0.0179. The Bertz CT molecular complexity index is 643. The highest BCUT2D eigenvalue weighted by molar-refractivity contribution is 8.13. The molecule has 0 aromatic heterocycles. The van der Waals surface area contributed by atoms with E-state index in [9.17, 15) is 12.8 Å². The van der Waals surface area contributed by atoms with Crippen molar-refractivity contribution in [1.29, 1.82) is 0 Å². The molecule has 0 aliphatic carbocycles. The Kier molecular flexibility index (Phi) is 3.50. The zero-order chi connectivity index (χ0) is 14.3. The molecule has 7 heteroatoms. The molecular formula is C13H15FN2O2S2. The maximum Gasteiger partial charge on any atom is 0.159 e. The van der Waals surface area contributed by atoms with Crippen LogP contribution in [-0.4, -0.2) is 49.1 Å². The summed E-state index contributed by atoms with van der Waals surface area (Å²) in [6, 6.07) is 6.25. The number of thioether (sulfide) groups is 1. The standard InChI is InChI=1S/C13H15FN2O2S2/c1-16-12-8-20(17,18)7-11(12)15-13(16)19-6-9-2-4-10(14)5-3-9/h2-5,11-12H,6-8H2,1H3/t11-,12+/m1/s1. The van der Waals surface area contributed by atoms with Crippen molar-refractivity contribution in [3.05, 3.63) is 35.6 Å². The molecule has 0 saturated carbocycles. The molecule has 20 heavy (non-hydrogen) atoms. The predicted molar refractivity (Wildman–Crippen MR) is 79.1 cm³/mol. The fourth-order valence-corrected chi connectivity index (χ4v) is 5.50. The normalized spacial score (nSPS) is 27.5. The van der Waals surface area contributed by atoms with Gasteiger partial charge in [-0.3, -0.25) is 4.99 Å². The highest BCUT2D eigenvalue weighted by Gasteiger charge is 2.44. The Balaban J connectivity index is 1.66. The number of sulfone groups is 1. The van der Waals surface area contributed by atoms with Gasteiger partial charge < -0.3 is 4.90 Å². The van der Waals surface area contributed by atoms with Crippen molar-refractivity contribution in [3.8, 4) is 0 Å². The average Bonchev–Trinajstić information content (AvgIpc) is 2.83. The van der Waals surface area contributed by atoms with E-state index in [2.05, 4.69) is 4.99 Å². The summed E-state index contributed by atoms with van der Waals surface area (Å²) in [5, 5.41) is 0.874. The molecular weight excluding hydrogens is 299 g/mol. The van der Waals surface area contributed by atoms with Crippen molar-refractivity contribution in [2.24, 2.45) is 4.99 Å². The summed E-state index contributed by atoms with van der Waals surface area (Å²) in [5.74, 6) is 0.810. The Hall–Kier alpha value is -1.08. The van der Waals surface area contributed by atoms with Crippen LogP contribution >= 0.6 is 11.8 Å². The molecule has 1 aromatic carbocycles. The van der Waals surface area contributed by atoms with Crippen LogP contribution < -0.4 is 0 Å². The molecule has 108 valence electrons. The zero-order valence-electron chi connectivity index (χ0n) is 11.0. The van der Waals surface area contributed by atoms with Gasteiger partial charge in [-0.2, -0.15) is 0 Å². The lowest BCUT2D eigenvalue weighted by Gasteiger charge is -2.20. The Morgan fingerprint density at radius 1 is 1.35 bits per heavy atom. The van der Waals surface area contributed by atoms with Crippen LogP contribution in [0.4, 0.5) is 4.39 Å². The lowest BCUT2D eigenvalue weighted by atomic mass is 10.2. The highest BCUT2D eigenvalue weighted by Crippen LogP contribution is 2.30. The number of fused-ring (bicyclic) bond motifs is 1. The summed E-state index contributed by atoms with van der Waals surface area (Å²) >= 11 is 1.57. The summed E-state index contributed by atoms with van der Waals surface area (Å²) in [5.41, 5.74) is 1.03. The van der Waals surface area contributed by atoms with Crippen LogP contribution in [-0.2, 0) is 15.6 Å². The van der Waals surface area contributed by atoms with Crippen molar-refractivity contribution in [2.75, 3.05) is 18.6 Å². The first-order chi connectivity index (χ1) is 9.44. The Morgan fingerprint density at radius 2 is 2.05 bits per heavy atom. The second kappa shape index (κ2) is 5.04. The third-order valence-electron chi connectivity index (χ3n) is 3.65. The maximum atomic E-state index is 12.8. The van der Waals surface area contributed by atoms with Gasteiger partial charge in [0.2, 0.25) is 0 Å². The second-order valence-electron chi connectivity index (χ2n) is 5.15. The molecule has 1 fully saturated rings. The van der Waals surface area contributed by atoms with Gasteiger partial charge in [-0.25, -0.2) is 12.8 Å². The molecule has 2 heterocycles. The van der Waals surface area contributed by atoms with Crippen molar-refractivity contribution in [1.82, 2.24) is 4.90 Å². The van der Waals surface area contributed by atoms with E-state index in [1.807, 2.05) is 11.9 Å². The summed E-state index contributed by atoms with van der Waals surface area (Å²) in [4.78, 5) is 6.47. The second-order valence-corrected chi connectivity index (χ2v) is 8.25. The number of amidine groups is 1. The summed E-state index contributed by atoms with van der Waals surface area (Å²) in [7, 11) is -1.04. The van der Waals surface area contributed by atoms with Crippen LogP contribution in [0.1, 0.15) is 5.56 Å². The van der Waals surface area contributed by atoms with E-state index >= 15 is 0 Å². The quantitative estimate of drug-likeness (QED) is 0.830. The first kappa shape index (κ1) is 13.9. The van der Waals surface area contributed by atoms with Gasteiger partial charge in [0.25, 0.3) is 0 Å². The average molecular weight is 314 g/mol. The molecule has 2 aliphatic heterocycles. The first-order valence-corrected chi connectivity index (χ1v) is 9.14. The van der Waals surface area contributed by atoms with Gasteiger partial charge in [-0.1, -0.05) is 23.9 Å². The van der Waals surface area contributed by atoms with Crippen molar-refractivity contribution < 1.29 is 12.8 Å². The highest BCUT2D eigenvalue weighted by atomic mass is 32.2. The molecule has 0 bridgehead atoms. The summed E-state index contributed by atoms with van der Waals surface area (Å²) in [6.07, 6.45) is 0. The van der Waals surface area contributed by atoms with Gasteiger partial charge in [0.1, 0.15) is 5.82 Å². The van der Waals surface area contributed by atoms with E-state index in [1.54, 1.807) is 23.9 Å². The van der Waals surface area contributed by atoms with Crippen LogP contribution in [0.15, 0.2) is 29.3 Å². The smallest absolute Gasteiger partial charge is 0.159 e. The van der Waals surface area contributed by atoms with E-state index in [4.69, 9.17) is 0 Å². The van der Waals surface area contributed by atoms with Crippen LogP contribution in [0.3, 0.4) is 0 Å². The molecule has 1 aromatic rings. The molecule has 1 saturated heterocycles. The van der Waals surface area contributed by atoms with E-state index in [1.165, 1.54) is 12.1 Å². The lowest BCUT2D eigenvalue weighted by molar-refractivity contribution is 0.410. The van der Waals surface area contributed by atoms with Gasteiger partial charge in [0, 0.05) is 12.8 Å². The SMILES string of the molecule is CN1C(SCc2ccc(F)cc2)=N[C@@H]2CS(=O)(=O)C[C@@H]21. The van der Waals surface area contributed by atoms with Crippen LogP contribution in [0.25, 0.3) is 0 Å². The molecule has 0 N–H and O–H groups in total. The van der Waals surface area contributed by atoms with Crippen LogP contribution in [0.5, 0.6) is 0 Å². The number of hydrogen-bond donors (Lipinski definition) is 0. The fourth-order valence-electron chi connectivity index (χ4n) is 2.55. The maximum absolute atomic E-state index is 12.8. The zero-order valence-corrected chi connectivity index (χ0v) is 12.6. The Morgan fingerprint density at radius 3 is 2.70 bits per heavy atom. The third-order valence-corrected chi connectivity index (χ3v) is 6.48.